The summed E-state index contributed by atoms with van der Waals surface area (Å²) in [6.07, 6.45) is 3.72. The highest BCUT2D eigenvalue weighted by molar-refractivity contribution is 9.10. The Morgan fingerprint density at radius 3 is 3.00 bits per heavy atom. The van der Waals surface area contributed by atoms with Crippen LogP contribution in [-0.2, 0) is 6.54 Å². The maximum Gasteiger partial charge on any atom is 0.0996 e. The lowest BCUT2D eigenvalue weighted by molar-refractivity contribution is 1.02. The van der Waals surface area contributed by atoms with E-state index in [0.717, 1.165) is 15.7 Å². The van der Waals surface area contributed by atoms with Crippen molar-refractivity contribution in [1.82, 2.24) is 9.38 Å². The molecule has 5 heteroatoms. The van der Waals surface area contributed by atoms with Gasteiger partial charge >= 0.3 is 0 Å². The van der Waals surface area contributed by atoms with E-state index in [-0.39, 0.29) is 12.4 Å². The maximum absolute atomic E-state index is 5.52. The molecule has 0 radical (unpaired) electrons. The number of hydrogen-bond donors (Lipinski definition) is 1. The number of imidazole rings is 1. The molecule has 0 unspecified atom stereocenters. The van der Waals surface area contributed by atoms with Crippen LogP contribution in [0, 0.1) is 0 Å². The molecular weight excluding hydrogens is 253 g/mol. The topological polar surface area (TPSA) is 43.3 Å². The van der Waals surface area contributed by atoms with Gasteiger partial charge in [-0.25, -0.2) is 4.98 Å². The fourth-order valence-electron chi connectivity index (χ4n) is 1.17. The molecule has 0 bridgehead atoms. The van der Waals surface area contributed by atoms with Crippen molar-refractivity contribution in [1.29, 1.82) is 0 Å². The van der Waals surface area contributed by atoms with Crippen molar-refractivity contribution >= 4 is 33.9 Å². The van der Waals surface area contributed by atoms with Gasteiger partial charge in [0.25, 0.3) is 0 Å². The van der Waals surface area contributed by atoms with Gasteiger partial charge in [0.2, 0.25) is 0 Å². The summed E-state index contributed by atoms with van der Waals surface area (Å²) in [4.78, 5) is 4.17. The lowest BCUT2D eigenvalue weighted by Gasteiger charge is -1.95. The van der Waals surface area contributed by atoms with Crippen molar-refractivity contribution in [2.45, 2.75) is 6.54 Å². The zero-order valence-electron chi connectivity index (χ0n) is 6.77. The summed E-state index contributed by atoms with van der Waals surface area (Å²) in [5.41, 5.74) is 7.51. The first-order chi connectivity index (χ1) is 5.81. The predicted octanol–water partition coefficient (Wildman–Crippen LogP) is 1.98. The van der Waals surface area contributed by atoms with Crippen molar-refractivity contribution in [2.24, 2.45) is 5.73 Å². The number of aromatic nitrogens is 2. The van der Waals surface area contributed by atoms with Crippen molar-refractivity contribution in [3.63, 3.8) is 0 Å². The highest BCUT2D eigenvalue weighted by Crippen LogP contribution is 2.15. The van der Waals surface area contributed by atoms with Crippen LogP contribution in [0.1, 0.15) is 5.69 Å². The molecule has 2 heterocycles. The average Bonchev–Trinajstić information content (AvgIpc) is 2.46. The lowest BCUT2D eigenvalue weighted by Crippen LogP contribution is -1.96. The van der Waals surface area contributed by atoms with Crippen LogP contribution >= 0.6 is 28.3 Å². The van der Waals surface area contributed by atoms with Crippen LogP contribution in [0.2, 0.25) is 0 Å². The molecule has 0 aromatic carbocycles. The van der Waals surface area contributed by atoms with E-state index in [1.807, 2.05) is 22.7 Å². The summed E-state index contributed by atoms with van der Waals surface area (Å²) in [6.45, 7) is 0.479. The van der Waals surface area contributed by atoms with Crippen LogP contribution in [0.3, 0.4) is 0 Å². The van der Waals surface area contributed by atoms with E-state index < -0.39 is 0 Å². The Bertz CT molecular complexity index is 413. The molecule has 0 aliphatic carbocycles. The minimum absolute atomic E-state index is 0. The molecule has 0 saturated heterocycles. The van der Waals surface area contributed by atoms with Gasteiger partial charge in [-0.2, -0.15) is 0 Å². The van der Waals surface area contributed by atoms with Gasteiger partial charge in [0.15, 0.2) is 0 Å². The minimum Gasteiger partial charge on any atom is -0.325 e. The molecule has 2 aromatic heterocycles. The van der Waals surface area contributed by atoms with Crippen LogP contribution in [-0.4, -0.2) is 9.38 Å². The number of pyridine rings is 1. The third-order valence-electron chi connectivity index (χ3n) is 1.77. The largest absolute Gasteiger partial charge is 0.325 e. The van der Waals surface area contributed by atoms with Gasteiger partial charge in [-0.15, -0.1) is 12.4 Å². The quantitative estimate of drug-likeness (QED) is 0.854. The van der Waals surface area contributed by atoms with E-state index in [2.05, 4.69) is 20.9 Å². The Labute approximate surface area is 90.5 Å². The molecule has 2 aromatic rings. The number of hydrogen-bond acceptors (Lipinski definition) is 2. The van der Waals surface area contributed by atoms with Gasteiger partial charge in [-0.05, 0) is 12.1 Å². The second-order valence-corrected chi connectivity index (χ2v) is 3.45. The third-order valence-corrected chi connectivity index (χ3v) is 2.27. The predicted molar refractivity (Wildman–Crippen MR) is 58.0 cm³/mol. The van der Waals surface area contributed by atoms with Crippen molar-refractivity contribution in [3.05, 3.63) is 34.8 Å². The second kappa shape index (κ2) is 4.09. The van der Waals surface area contributed by atoms with E-state index in [1.165, 1.54) is 0 Å². The zero-order valence-corrected chi connectivity index (χ0v) is 9.18. The van der Waals surface area contributed by atoms with E-state index >= 15 is 0 Å². The van der Waals surface area contributed by atoms with Crippen LogP contribution in [0.25, 0.3) is 5.52 Å². The number of fused-ring (bicyclic) bond motifs is 1. The van der Waals surface area contributed by atoms with E-state index in [9.17, 15) is 0 Å². The molecule has 13 heavy (non-hydrogen) atoms. The minimum atomic E-state index is 0. The molecule has 2 rings (SSSR count). The fraction of sp³-hybridized carbons (Fsp3) is 0.125. The summed E-state index contributed by atoms with van der Waals surface area (Å²) in [5.74, 6) is 0. The average molecular weight is 263 g/mol. The molecule has 2 N–H and O–H groups in total. The molecule has 0 atom stereocenters. The smallest absolute Gasteiger partial charge is 0.0996 e. The van der Waals surface area contributed by atoms with Crippen molar-refractivity contribution < 1.29 is 0 Å². The summed E-state index contributed by atoms with van der Waals surface area (Å²) < 4.78 is 3.00. The summed E-state index contributed by atoms with van der Waals surface area (Å²) in [5, 5.41) is 0. The molecule has 3 nitrogen and oxygen atoms in total. The molecule has 0 saturated carbocycles. The van der Waals surface area contributed by atoms with E-state index in [0.29, 0.717) is 6.54 Å². The summed E-state index contributed by atoms with van der Waals surface area (Å²) >= 11 is 3.40. The third kappa shape index (κ3) is 1.85. The normalized spacial score (nSPS) is 10.0. The Kier molecular flexibility index (Phi) is 3.30. The highest BCUT2D eigenvalue weighted by atomic mass is 79.9. The number of rotatable bonds is 1. The molecule has 0 spiro atoms. The Morgan fingerprint density at radius 1 is 1.54 bits per heavy atom. The van der Waals surface area contributed by atoms with Crippen LogP contribution < -0.4 is 5.73 Å². The zero-order chi connectivity index (χ0) is 8.55. The number of halogens is 2. The van der Waals surface area contributed by atoms with Gasteiger partial charge in [-0.3, -0.25) is 0 Å². The lowest BCUT2D eigenvalue weighted by atomic mass is 10.3. The van der Waals surface area contributed by atoms with Gasteiger partial charge in [0, 0.05) is 17.2 Å². The first kappa shape index (κ1) is 10.5. The number of nitrogens with two attached hydrogens (primary N) is 1. The number of nitrogens with zero attached hydrogens (tertiary/aromatic N) is 2. The molecule has 0 aliphatic rings. The van der Waals surface area contributed by atoms with Crippen LogP contribution in [0.15, 0.2) is 29.1 Å². The molecule has 70 valence electrons. The Morgan fingerprint density at radius 2 is 2.31 bits per heavy atom. The maximum atomic E-state index is 5.52. The van der Waals surface area contributed by atoms with Gasteiger partial charge < -0.3 is 10.1 Å². The van der Waals surface area contributed by atoms with Crippen molar-refractivity contribution in [2.75, 3.05) is 0 Å². The molecule has 0 aliphatic heterocycles. The summed E-state index contributed by atoms with van der Waals surface area (Å²) in [6, 6.07) is 3.98. The Balaban J connectivity index is 0.000000845. The summed E-state index contributed by atoms with van der Waals surface area (Å²) in [7, 11) is 0. The van der Waals surface area contributed by atoms with Crippen LogP contribution in [0.4, 0.5) is 0 Å². The molecule has 0 fully saturated rings. The molecular formula is C8H9BrClN3. The monoisotopic (exact) mass is 261 g/mol. The second-order valence-electron chi connectivity index (χ2n) is 2.53. The van der Waals surface area contributed by atoms with E-state index in [1.54, 1.807) is 6.33 Å². The van der Waals surface area contributed by atoms with Gasteiger partial charge in [0.1, 0.15) is 0 Å². The molecule has 0 amide bonds. The van der Waals surface area contributed by atoms with E-state index in [4.69, 9.17) is 5.73 Å². The standard InChI is InChI=1S/C8H8BrN3.ClH/c9-6-1-2-12-5-11-7(4-10)8(12)3-6;/h1-3,5H,4,10H2;1H. The Hall–Kier alpha value is -0.580. The van der Waals surface area contributed by atoms with Gasteiger partial charge in [-0.1, -0.05) is 15.9 Å². The first-order valence-electron chi connectivity index (χ1n) is 3.62. The van der Waals surface area contributed by atoms with Gasteiger partial charge in [0.05, 0.1) is 17.5 Å². The SMILES string of the molecule is Cl.NCc1ncn2ccc(Br)cc12. The van der Waals surface area contributed by atoms with Crippen molar-refractivity contribution in [3.8, 4) is 0 Å². The van der Waals surface area contributed by atoms with Crippen LogP contribution in [0.5, 0.6) is 0 Å². The fourth-order valence-corrected chi connectivity index (χ4v) is 1.51. The first-order valence-corrected chi connectivity index (χ1v) is 4.41. The highest BCUT2D eigenvalue weighted by Gasteiger charge is 2.01.